The molecule has 1 aromatic rings. The number of hydrogen-bond donors (Lipinski definition) is 1. The minimum atomic E-state index is -0.471. The van der Waals surface area contributed by atoms with Crippen LogP contribution in [0.4, 0.5) is 4.39 Å². The summed E-state index contributed by atoms with van der Waals surface area (Å²) in [7, 11) is 0. The van der Waals surface area contributed by atoms with Crippen molar-refractivity contribution in [3.05, 3.63) is 32.6 Å². The Bertz CT molecular complexity index is 346. The molecule has 12 heavy (non-hydrogen) atoms. The molecule has 0 aliphatic heterocycles. The molecule has 0 radical (unpaired) electrons. The molecule has 0 unspecified atom stereocenters. The fraction of sp³-hybridized carbons (Fsp3) is 0.125. The number of hydrogen-bond acceptors (Lipinski definition) is 2. The maximum atomic E-state index is 12.9. The second-order valence-electron chi connectivity index (χ2n) is 2.19. The Morgan fingerprint density at radius 2 is 2.25 bits per heavy atom. The average molecular weight is 277 g/mol. The largest absolute Gasteiger partial charge is 0.392 e. The summed E-state index contributed by atoms with van der Waals surface area (Å²) in [5.41, 5.74) is 0.549. The van der Waals surface area contributed by atoms with Crippen molar-refractivity contribution in [1.82, 2.24) is 0 Å². The molecule has 0 saturated carbocycles. The summed E-state index contributed by atoms with van der Waals surface area (Å²) in [4.78, 5) is 0. The highest BCUT2D eigenvalue weighted by molar-refractivity contribution is 14.1. The second kappa shape index (κ2) is 3.83. The van der Waals surface area contributed by atoms with Gasteiger partial charge in [-0.1, -0.05) is 0 Å². The number of rotatable bonds is 1. The highest BCUT2D eigenvalue weighted by Crippen LogP contribution is 2.17. The molecular weight excluding hydrogens is 272 g/mol. The van der Waals surface area contributed by atoms with Gasteiger partial charge in [-0.3, -0.25) is 0 Å². The topological polar surface area (TPSA) is 44.0 Å². The van der Waals surface area contributed by atoms with Crippen LogP contribution >= 0.6 is 22.6 Å². The van der Waals surface area contributed by atoms with Crippen molar-refractivity contribution in [2.75, 3.05) is 0 Å². The molecule has 2 nitrogen and oxygen atoms in total. The van der Waals surface area contributed by atoms with Crippen LogP contribution in [-0.4, -0.2) is 5.11 Å². The minimum Gasteiger partial charge on any atom is -0.392 e. The van der Waals surface area contributed by atoms with Gasteiger partial charge in [0.15, 0.2) is 0 Å². The van der Waals surface area contributed by atoms with Crippen LogP contribution in [0, 0.1) is 20.7 Å². The van der Waals surface area contributed by atoms with Crippen LogP contribution in [0.15, 0.2) is 12.1 Å². The Balaban J connectivity index is 3.30. The number of nitriles is 1. The summed E-state index contributed by atoms with van der Waals surface area (Å²) >= 11 is 1.87. The minimum absolute atomic E-state index is 0.159. The van der Waals surface area contributed by atoms with Crippen molar-refractivity contribution >= 4 is 22.6 Å². The number of halogens is 2. The zero-order chi connectivity index (χ0) is 9.14. The van der Waals surface area contributed by atoms with Gasteiger partial charge >= 0.3 is 0 Å². The van der Waals surface area contributed by atoms with Crippen molar-refractivity contribution in [2.45, 2.75) is 6.61 Å². The lowest BCUT2D eigenvalue weighted by atomic mass is 10.1. The van der Waals surface area contributed by atoms with Gasteiger partial charge in [0.25, 0.3) is 0 Å². The molecule has 62 valence electrons. The molecule has 0 saturated heterocycles. The molecule has 1 aromatic carbocycles. The molecule has 0 atom stereocenters. The third-order valence-electron chi connectivity index (χ3n) is 1.43. The Morgan fingerprint density at radius 1 is 1.58 bits per heavy atom. The van der Waals surface area contributed by atoms with Crippen LogP contribution in [0.1, 0.15) is 11.1 Å². The third kappa shape index (κ3) is 1.73. The van der Waals surface area contributed by atoms with Gasteiger partial charge in [-0.25, -0.2) is 4.39 Å². The Hall–Kier alpha value is -0.670. The molecule has 0 aliphatic carbocycles. The number of aliphatic hydroxyl groups excluding tert-OH is 1. The van der Waals surface area contributed by atoms with Crippen LogP contribution in [0.25, 0.3) is 0 Å². The first kappa shape index (κ1) is 9.42. The van der Waals surface area contributed by atoms with Crippen molar-refractivity contribution < 1.29 is 9.50 Å². The van der Waals surface area contributed by atoms with E-state index in [0.29, 0.717) is 9.13 Å². The van der Waals surface area contributed by atoms with E-state index in [4.69, 9.17) is 10.4 Å². The zero-order valence-corrected chi connectivity index (χ0v) is 8.17. The first-order valence-corrected chi connectivity index (χ1v) is 4.25. The van der Waals surface area contributed by atoms with Crippen LogP contribution in [0.3, 0.4) is 0 Å². The van der Waals surface area contributed by atoms with Crippen LogP contribution in [0.5, 0.6) is 0 Å². The Kier molecular flexibility index (Phi) is 3.00. The van der Waals surface area contributed by atoms with E-state index in [9.17, 15) is 4.39 Å². The molecule has 0 amide bonds. The van der Waals surface area contributed by atoms with E-state index in [1.165, 1.54) is 12.1 Å². The molecular formula is C8H5FINO. The Labute approximate surface area is 82.8 Å². The van der Waals surface area contributed by atoms with E-state index in [-0.39, 0.29) is 12.2 Å². The molecule has 0 aliphatic rings. The summed E-state index contributed by atoms with van der Waals surface area (Å²) in [6, 6.07) is 4.51. The number of benzene rings is 1. The first-order chi connectivity index (χ1) is 5.69. The molecule has 1 N–H and O–H groups in total. The highest BCUT2D eigenvalue weighted by atomic mass is 127. The molecule has 0 bridgehead atoms. The van der Waals surface area contributed by atoms with Crippen LogP contribution in [0.2, 0.25) is 0 Å². The molecule has 0 fully saturated rings. The van der Waals surface area contributed by atoms with Gasteiger partial charge in [0.05, 0.1) is 12.2 Å². The summed E-state index contributed by atoms with van der Waals surface area (Å²) in [5.74, 6) is -0.471. The lowest BCUT2D eigenvalue weighted by molar-refractivity contribution is 0.275. The van der Waals surface area contributed by atoms with E-state index < -0.39 is 5.82 Å². The summed E-state index contributed by atoms with van der Waals surface area (Å²) in [6.45, 7) is -0.378. The van der Waals surface area contributed by atoms with Crippen molar-refractivity contribution in [3.63, 3.8) is 0 Å². The van der Waals surface area contributed by atoms with E-state index in [2.05, 4.69) is 0 Å². The fourth-order valence-electron chi connectivity index (χ4n) is 0.801. The number of nitrogens with zero attached hydrogens (tertiary/aromatic N) is 1. The highest BCUT2D eigenvalue weighted by Gasteiger charge is 2.06. The summed E-state index contributed by atoms with van der Waals surface area (Å²) in [5, 5.41) is 17.2. The SMILES string of the molecule is N#Cc1cc(CO)c(F)cc1I. The smallest absolute Gasteiger partial charge is 0.129 e. The zero-order valence-electron chi connectivity index (χ0n) is 6.01. The van der Waals surface area contributed by atoms with Crippen molar-refractivity contribution in [1.29, 1.82) is 5.26 Å². The van der Waals surface area contributed by atoms with Crippen LogP contribution < -0.4 is 0 Å². The van der Waals surface area contributed by atoms with Gasteiger partial charge in [0.2, 0.25) is 0 Å². The lowest BCUT2D eigenvalue weighted by Crippen LogP contribution is -1.93. The average Bonchev–Trinajstić information content (AvgIpc) is 2.05. The summed E-state index contributed by atoms with van der Waals surface area (Å²) < 4.78 is 13.5. The van der Waals surface area contributed by atoms with Crippen molar-refractivity contribution in [2.24, 2.45) is 0 Å². The predicted octanol–water partition coefficient (Wildman–Crippen LogP) is 1.79. The first-order valence-electron chi connectivity index (χ1n) is 3.18. The normalized spacial score (nSPS) is 9.50. The van der Waals surface area contributed by atoms with E-state index in [0.717, 1.165) is 0 Å². The van der Waals surface area contributed by atoms with Crippen molar-refractivity contribution in [3.8, 4) is 6.07 Å². The van der Waals surface area contributed by atoms with E-state index in [1.807, 2.05) is 28.7 Å². The molecule has 1 rings (SSSR count). The monoisotopic (exact) mass is 277 g/mol. The van der Waals surface area contributed by atoms with E-state index in [1.54, 1.807) is 0 Å². The van der Waals surface area contributed by atoms with Gasteiger partial charge in [0.1, 0.15) is 11.9 Å². The fourth-order valence-corrected chi connectivity index (χ4v) is 1.35. The van der Waals surface area contributed by atoms with Gasteiger partial charge in [-0.15, -0.1) is 0 Å². The maximum Gasteiger partial charge on any atom is 0.129 e. The van der Waals surface area contributed by atoms with Gasteiger partial charge in [-0.2, -0.15) is 5.26 Å². The maximum absolute atomic E-state index is 12.9. The van der Waals surface area contributed by atoms with Gasteiger partial charge in [-0.05, 0) is 34.7 Å². The Morgan fingerprint density at radius 3 is 2.75 bits per heavy atom. The van der Waals surface area contributed by atoms with Crippen LogP contribution in [-0.2, 0) is 6.61 Å². The second-order valence-corrected chi connectivity index (χ2v) is 3.36. The van der Waals surface area contributed by atoms with Gasteiger partial charge in [0, 0.05) is 9.13 Å². The quantitative estimate of drug-likeness (QED) is 0.795. The third-order valence-corrected chi connectivity index (χ3v) is 2.32. The molecule has 0 spiro atoms. The lowest BCUT2D eigenvalue weighted by Gasteiger charge is -2.00. The standard InChI is InChI=1S/C8H5FINO/c9-7-2-8(10)5(3-11)1-6(7)4-12/h1-2,12H,4H2. The van der Waals surface area contributed by atoms with E-state index >= 15 is 0 Å². The summed E-state index contributed by atoms with van der Waals surface area (Å²) in [6.07, 6.45) is 0. The van der Waals surface area contributed by atoms with Gasteiger partial charge < -0.3 is 5.11 Å². The molecule has 0 aromatic heterocycles. The molecule has 4 heteroatoms. The predicted molar refractivity (Wildman–Crippen MR) is 49.8 cm³/mol. The number of aliphatic hydroxyl groups is 1. The molecule has 0 heterocycles.